The van der Waals surface area contributed by atoms with Gasteiger partial charge in [0.05, 0.1) is 0 Å². The second-order valence-electron chi connectivity index (χ2n) is 5.40. The third kappa shape index (κ3) is 2.69. The Morgan fingerprint density at radius 3 is 2.63 bits per heavy atom. The molecule has 0 amide bonds. The van der Waals surface area contributed by atoms with Crippen LogP contribution in [0.5, 0.6) is 0 Å². The zero-order valence-corrected chi connectivity index (χ0v) is 11.5. The van der Waals surface area contributed by atoms with Crippen LogP contribution in [0.1, 0.15) is 50.8 Å². The van der Waals surface area contributed by atoms with Gasteiger partial charge >= 0.3 is 0 Å². The Morgan fingerprint density at radius 2 is 1.84 bits per heavy atom. The Balaban J connectivity index is 1.80. The smallest absolute Gasteiger partial charge is 0.203 e. The number of anilines is 1. The Hall–Kier alpha value is -1.65. The molecule has 1 aliphatic rings. The van der Waals surface area contributed by atoms with Crippen molar-refractivity contribution in [1.29, 1.82) is 0 Å². The van der Waals surface area contributed by atoms with E-state index >= 15 is 0 Å². The molecule has 0 atom stereocenters. The molecule has 0 radical (unpaired) electrons. The summed E-state index contributed by atoms with van der Waals surface area (Å²) in [5.41, 5.74) is 0.835. The molecule has 0 unspecified atom stereocenters. The van der Waals surface area contributed by atoms with Crippen molar-refractivity contribution in [3.05, 3.63) is 18.2 Å². The Kier molecular flexibility index (Phi) is 3.62. The zero-order chi connectivity index (χ0) is 13.1. The summed E-state index contributed by atoms with van der Waals surface area (Å²) in [7, 11) is 0. The molecule has 1 N–H and O–H groups in total. The van der Waals surface area contributed by atoms with Crippen molar-refractivity contribution < 1.29 is 0 Å². The standard InChI is InChI=1S/C14H21N5/c1-11-17-18-14-13(15-9-10-19(11)14)16-12-7-5-3-2-4-6-8-12/h9-10,12H,2-8H2,1H3,(H,15,16). The average Bonchev–Trinajstić information content (AvgIpc) is 2.76. The quantitative estimate of drug-likeness (QED) is 0.901. The van der Waals surface area contributed by atoms with Gasteiger partial charge in [-0.15, -0.1) is 10.2 Å². The highest BCUT2D eigenvalue weighted by molar-refractivity contribution is 5.62. The van der Waals surface area contributed by atoms with Crippen LogP contribution in [0.3, 0.4) is 0 Å². The Morgan fingerprint density at radius 1 is 1.11 bits per heavy atom. The maximum Gasteiger partial charge on any atom is 0.203 e. The summed E-state index contributed by atoms with van der Waals surface area (Å²) in [6.45, 7) is 1.96. The second-order valence-corrected chi connectivity index (χ2v) is 5.40. The van der Waals surface area contributed by atoms with Crippen LogP contribution in [0.4, 0.5) is 5.82 Å². The molecule has 5 heteroatoms. The molecule has 0 aromatic carbocycles. The monoisotopic (exact) mass is 259 g/mol. The molecule has 1 saturated carbocycles. The lowest BCUT2D eigenvalue weighted by Crippen LogP contribution is -2.21. The summed E-state index contributed by atoms with van der Waals surface area (Å²) in [5, 5.41) is 11.9. The summed E-state index contributed by atoms with van der Waals surface area (Å²) in [6.07, 6.45) is 12.9. The number of aromatic nitrogens is 4. The molecular formula is C14H21N5. The van der Waals surface area contributed by atoms with Gasteiger partial charge in [0.1, 0.15) is 5.82 Å². The van der Waals surface area contributed by atoms with Gasteiger partial charge in [0.25, 0.3) is 0 Å². The minimum Gasteiger partial charge on any atom is -0.364 e. The first-order chi connectivity index (χ1) is 9.34. The Bertz CT molecular complexity index is 540. The number of hydrogen-bond donors (Lipinski definition) is 1. The van der Waals surface area contributed by atoms with Crippen molar-refractivity contribution in [2.45, 2.75) is 57.9 Å². The highest BCUT2D eigenvalue weighted by Crippen LogP contribution is 2.21. The number of nitrogens with one attached hydrogen (secondary N) is 1. The summed E-state index contributed by atoms with van der Waals surface area (Å²) in [5.74, 6) is 1.77. The van der Waals surface area contributed by atoms with Gasteiger partial charge in [0.15, 0.2) is 5.82 Å². The third-order valence-corrected chi connectivity index (χ3v) is 3.94. The van der Waals surface area contributed by atoms with Crippen LogP contribution in [0.25, 0.3) is 5.65 Å². The minimum absolute atomic E-state index is 0.524. The first kappa shape index (κ1) is 12.4. The molecule has 2 heterocycles. The molecule has 1 aliphatic carbocycles. The predicted molar refractivity (Wildman–Crippen MR) is 75.2 cm³/mol. The van der Waals surface area contributed by atoms with Crippen LogP contribution < -0.4 is 5.32 Å². The lowest BCUT2D eigenvalue weighted by molar-refractivity contribution is 0.471. The van der Waals surface area contributed by atoms with Crippen molar-refractivity contribution in [3.63, 3.8) is 0 Å². The van der Waals surface area contributed by atoms with Crippen LogP contribution in [-0.2, 0) is 0 Å². The molecule has 19 heavy (non-hydrogen) atoms. The van der Waals surface area contributed by atoms with E-state index in [-0.39, 0.29) is 0 Å². The van der Waals surface area contributed by atoms with Gasteiger partial charge in [-0.25, -0.2) is 4.98 Å². The maximum atomic E-state index is 4.43. The number of rotatable bonds is 2. The molecule has 5 nitrogen and oxygen atoms in total. The molecule has 0 saturated heterocycles. The summed E-state index contributed by atoms with van der Waals surface area (Å²) in [6, 6.07) is 0.524. The molecule has 0 spiro atoms. The SMILES string of the molecule is Cc1nnc2c(NC3CCCCCCC3)nccn12. The van der Waals surface area contributed by atoms with E-state index in [1.807, 2.05) is 23.7 Å². The van der Waals surface area contributed by atoms with Crippen molar-refractivity contribution in [2.24, 2.45) is 0 Å². The van der Waals surface area contributed by atoms with E-state index in [4.69, 9.17) is 0 Å². The van der Waals surface area contributed by atoms with E-state index in [0.717, 1.165) is 17.3 Å². The molecule has 0 aliphatic heterocycles. The number of aryl methyl sites for hydroxylation is 1. The topological polar surface area (TPSA) is 55.1 Å². The lowest BCUT2D eigenvalue weighted by Gasteiger charge is -2.21. The number of fused-ring (bicyclic) bond motifs is 1. The number of hydrogen-bond acceptors (Lipinski definition) is 4. The fraction of sp³-hybridized carbons (Fsp3) is 0.643. The van der Waals surface area contributed by atoms with Crippen LogP contribution >= 0.6 is 0 Å². The minimum atomic E-state index is 0.524. The summed E-state index contributed by atoms with van der Waals surface area (Å²) < 4.78 is 1.98. The van der Waals surface area contributed by atoms with E-state index in [9.17, 15) is 0 Å². The zero-order valence-electron chi connectivity index (χ0n) is 11.5. The van der Waals surface area contributed by atoms with Gasteiger partial charge in [-0.3, -0.25) is 4.40 Å². The van der Waals surface area contributed by atoms with Crippen molar-refractivity contribution in [1.82, 2.24) is 19.6 Å². The van der Waals surface area contributed by atoms with Gasteiger partial charge in [-0.05, 0) is 19.8 Å². The van der Waals surface area contributed by atoms with E-state index in [2.05, 4.69) is 20.5 Å². The molecule has 102 valence electrons. The average molecular weight is 259 g/mol. The van der Waals surface area contributed by atoms with Crippen molar-refractivity contribution >= 4 is 11.5 Å². The fourth-order valence-corrected chi connectivity index (χ4v) is 2.84. The van der Waals surface area contributed by atoms with Gasteiger partial charge in [-0.1, -0.05) is 32.1 Å². The summed E-state index contributed by atoms with van der Waals surface area (Å²) in [4.78, 5) is 4.43. The first-order valence-electron chi connectivity index (χ1n) is 7.27. The highest BCUT2D eigenvalue weighted by atomic mass is 15.3. The Labute approximate surface area is 113 Å². The van der Waals surface area contributed by atoms with E-state index in [1.165, 1.54) is 44.9 Å². The summed E-state index contributed by atoms with van der Waals surface area (Å²) >= 11 is 0. The molecule has 1 fully saturated rings. The first-order valence-corrected chi connectivity index (χ1v) is 7.27. The highest BCUT2D eigenvalue weighted by Gasteiger charge is 2.14. The fourth-order valence-electron chi connectivity index (χ4n) is 2.84. The van der Waals surface area contributed by atoms with Gasteiger partial charge in [0.2, 0.25) is 5.65 Å². The van der Waals surface area contributed by atoms with Crippen molar-refractivity contribution in [3.8, 4) is 0 Å². The van der Waals surface area contributed by atoms with Gasteiger partial charge in [0, 0.05) is 18.4 Å². The maximum absolute atomic E-state index is 4.43. The second kappa shape index (κ2) is 5.55. The normalized spacial score (nSPS) is 18.2. The van der Waals surface area contributed by atoms with Crippen LogP contribution in [0.15, 0.2) is 12.4 Å². The molecule has 0 bridgehead atoms. The lowest BCUT2D eigenvalue weighted by atomic mass is 9.97. The van der Waals surface area contributed by atoms with Crippen LogP contribution in [0.2, 0.25) is 0 Å². The van der Waals surface area contributed by atoms with Crippen LogP contribution in [-0.4, -0.2) is 25.6 Å². The molecular weight excluding hydrogens is 238 g/mol. The molecule has 2 aromatic heterocycles. The van der Waals surface area contributed by atoms with E-state index in [0.29, 0.717) is 6.04 Å². The largest absolute Gasteiger partial charge is 0.364 e. The van der Waals surface area contributed by atoms with E-state index in [1.54, 1.807) is 0 Å². The van der Waals surface area contributed by atoms with Gasteiger partial charge < -0.3 is 5.32 Å². The van der Waals surface area contributed by atoms with Crippen molar-refractivity contribution in [2.75, 3.05) is 5.32 Å². The van der Waals surface area contributed by atoms with E-state index < -0.39 is 0 Å². The van der Waals surface area contributed by atoms with Gasteiger partial charge in [-0.2, -0.15) is 0 Å². The predicted octanol–water partition coefficient (Wildman–Crippen LogP) is 2.96. The van der Waals surface area contributed by atoms with Crippen LogP contribution in [0, 0.1) is 6.92 Å². The molecule has 3 rings (SSSR count). The third-order valence-electron chi connectivity index (χ3n) is 3.94. The number of nitrogens with zero attached hydrogens (tertiary/aromatic N) is 4. The molecule has 2 aromatic rings.